The van der Waals surface area contributed by atoms with Gasteiger partial charge in [-0.2, -0.15) is 9.29 Å². The van der Waals surface area contributed by atoms with Crippen molar-refractivity contribution < 1.29 is 17.9 Å². The molecule has 1 unspecified atom stereocenters. The van der Waals surface area contributed by atoms with Gasteiger partial charge in [0.2, 0.25) is 10.0 Å². The van der Waals surface area contributed by atoms with E-state index in [4.69, 9.17) is 4.42 Å². The van der Waals surface area contributed by atoms with Gasteiger partial charge in [-0.1, -0.05) is 44.2 Å². The summed E-state index contributed by atoms with van der Waals surface area (Å²) in [5, 5.41) is 13.4. The van der Waals surface area contributed by atoms with Crippen molar-refractivity contribution in [1.82, 2.24) is 9.29 Å². The molecule has 0 aliphatic heterocycles. The zero-order chi connectivity index (χ0) is 21.7. The molecule has 0 aliphatic carbocycles. The van der Waals surface area contributed by atoms with Crippen LogP contribution in [-0.4, -0.2) is 49.1 Å². The van der Waals surface area contributed by atoms with Crippen LogP contribution in [0.3, 0.4) is 0 Å². The number of sulfonamides is 1. The van der Waals surface area contributed by atoms with Crippen molar-refractivity contribution in [3.8, 4) is 0 Å². The van der Waals surface area contributed by atoms with E-state index in [1.807, 2.05) is 44.2 Å². The van der Waals surface area contributed by atoms with E-state index in [1.165, 1.54) is 16.4 Å². The Morgan fingerprint density at radius 3 is 2.53 bits per heavy atom. The third-order valence-electron chi connectivity index (χ3n) is 4.80. The Labute approximate surface area is 177 Å². The van der Waals surface area contributed by atoms with Gasteiger partial charge in [0.1, 0.15) is 5.52 Å². The van der Waals surface area contributed by atoms with E-state index < -0.39 is 16.1 Å². The van der Waals surface area contributed by atoms with Crippen molar-refractivity contribution in [3.63, 3.8) is 0 Å². The molecule has 0 amide bonds. The Bertz CT molecular complexity index is 1060. The van der Waals surface area contributed by atoms with Crippen LogP contribution in [0.4, 0.5) is 6.01 Å². The number of anilines is 1. The molecule has 0 saturated carbocycles. The number of rotatable bonds is 10. The molecule has 162 valence electrons. The molecule has 7 nitrogen and oxygen atoms in total. The van der Waals surface area contributed by atoms with Gasteiger partial charge >= 0.3 is 0 Å². The van der Waals surface area contributed by atoms with E-state index in [0.717, 1.165) is 5.56 Å². The van der Waals surface area contributed by atoms with Crippen molar-refractivity contribution in [2.24, 2.45) is 5.92 Å². The lowest BCUT2D eigenvalue weighted by atomic mass is 10.1. The number of hydrogen-bond donors (Lipinski definition) is 2. The number of oxazole rings is 1. The average Bonchev–Trinajstić information content (AvgIpc) is 3.14. The monoisotopic (exact) mass is 431 g/mol. The van der Waals surface area contributed by atoms with E-state index in [-0.39, 0.29) is 17.4 Å². The summed E-state index contributed by atoms with van der Waals surface area (Å²) in [5.74, 6) is 0.117. The molecule has 3 aromatic rings. The second kappa shape index (κ2) is 9.59. The van der Waals surface area contributed by atoms with E-state index >= 15 is 0 Å². The first-order valence-electron chi connectivity index (χ1n) is 10.1. The molecule has 30 heavy (non-hydrogen) atoms. The molecular formula is C22H29N3O4S. The number of aliphatic hydroxyl groups excluding tert-OH is 1. The SMILES string of the molecule is CNc1nc2ccc(S(=O)(=O)N(CC(C)C)CC(O)CCc3ccccc3)cc2o1. The summed E-state index contributed by atoms with van der Waals surface area (Å²) in [4.78, 5) is 4.35. The summed E-state index contributed by atoms with van der Waals surface area (Å²) in [6.07, 6.45) is 0.415. The van der Waals surface area contributed by atoms with Gasteiger partial charge in [0.05, 0.1) is 11.0 Å². The van der Waals surface area contributed by atoms with Gasteiger partial charge in [-0.25, -0.2) is 8.42 Å². The summed E-state index contributed by atoms with van der Waals surface area (Å²) in [7, 11) is -2.11. The molecule has 0 saturated heterocycles. The predicted molar refractivity (Wildman–Crippen MR) is 118 cm³/mol. The number of nitrogens with one attached hydrogen (secondary N) is 1. The fourth-order valence-electron chi connectivity index (χ4n) is 3.30. The van der Waals surface area contributed by atoms with Crippen LogP contribution < -0.4 is 5.32 Å². The van der Waals surface area contributed by atoms with Crippen LogP contribution in [0, 0.1) is 5.92 Å². The van der Waals surface area contributed by atoms with Gasteiger partial charge < -0.3 is 14.8 Å². The van der Waals surface area contributed by atoms with Gasteiger partial charge in [0.15, 0.2) is 5.58 Å². The van der Waals surface area contributed by atoms with Crippen LogP contribution in [0.15, 0.2) is 57.8 Å². The fraction of sp³-hybridized carbons (Fsp3) is 0.409. The van der Waals surface area contributed by atoms with Crippen LogP contribution >= 0.6 is 0 Å². The molecule has 0 spiro atoms. The highest BCUT2D eigenvalue weighted by Crippen LogP contribution is 2.25. The summed E-state index contributed by atoms with van der Waals surface area (Å²) in [5.41, 5.74) is 2.09. The van der Waals surface area contributed by atoms with Crippen molar-refractivity contribution in [1.29, 1.82) is 0 Å². The number of nitrogens with zero attached hydrogens (tertiary/aromatic N) is 2. The van der Waals surface area contributed by atoms with Gasteiger partial charge in [-0.15, -0.1) is 0 Å². The molecule has 8 heteroatoms. The predicted octanol–water partition coefficient (Wildman–Crippen LogP) is 3.51. The standard InChI is InChI=1S/C22H29N3O4S/c1-16(2)14-25(15-18(26)10-9-17-7-5-4-6-8-17)30(27,28)19-11-12-20-21(13-19)29-22(23-3)24-20/h4-8,11-13,16,18,26H,9-10,14-15H2,1-3H3,(H,23,24). The van der Waals surface area contributed by atoms with Gasteiger partial charge in [-0.05, 0) is 36.5 Å². The quantitative estimate of drug-likeness (QED) is 0.510. The number of hydrogen-bond acceptors (Lipinski definition) is 6. The first kappa shape index (κ1) is 22.3. The number of fused-ring (bicyclic) bond motifs is 1. The van der Waals surface area contributed by atoms with Crippen LogP contribution in [-0.2, 0) is 16.4 Å². The topological polar surface area (TPSA) is 95.7 Å². The second-order valence-electron chi connectivity index (χ2n) is 7.79. The Kier molecular flexibility index (Phi) is 7.12. The molecule has 0 fully saturated rings. The molecule has 1 heterocycles. The van der Waals surface area contributed by atoms with Gasteiger partial charge in [-0.3, -0.25) is 0 Å². The number of aromatic nitrogens is 1. The Morgan fingerprint density at radius 1 is 1.13 bits per heavy atom. The molecule has 2 aromatic carbocycles. The van der Waals surface area contributed by atoms with Crippen molar-refractivity contribution in [2.45, 2.75) is 37.7 Å². The van der Waals surface area contributed by atoms with Crippen molar-refractivity contribution in [2.75, 3.05) is 25.5 Å². The van der Waals surface area contributed by atoms with E-state index in [2.05, 4.69) is 10.3 Å². The lowest BCUT2D eigenvalue weighted by molar-refractivity contribution is 0.133. The average molecular weight is 432 g/mol. The zero-order valence-electron chi connectivity index (χ0n) is 17.6. The number of aliphatic hydroxyl groups is 1. The highest BCUT2D eigenvalue weighted by Gasteiger charge is 2.28. The van der Waals surface area contributed by atoms with Crippen LogP contribution in [0.25, 0.3) is 11.1 Å². The minimum Gasteiger partial charge on any atom is -0.424 e. The highest BCUT2D eigenvalue weighted by atomic mass is 32.2. The first-order valence-corrected chi connectivity index (χ1v) is 11.5. The first-order chi connectivity index (χ1) is 14.3. The molecule has 3 rings (SSSR count). The third-order valence-corrected chi connectivity index (χ3v) is 6.63. The Hall–Kier alpha value is -2.42. The summed E-state index contributed by atoms with van der Waals surface area (Å²) in [6, 6.07) is 14.8. The molecule has 0 aliphatic rings. The minimum absolute atomic E-state index is 0.0452. The molecule has 0 radical (unpaired) electrons. The van der Waals surface area contributed by atoms with Crippen LogP contribution in [0.2, 0.25) is 0 Å². The van der Waals surface area contributed by atoms with Crippen molar-refractivity contribution >= 4 is 27.1 Å². The molecule has 2 N–H and O–H groups in total. The lowest BCUT2D eigenvalue weighted by Crippen LogP contribution is -2.40. The van der Waals surface area contributed by atoms with Gasteiger partial charge in [0.25, 0.3) is 6.01 Å². The normalized spacial score (nSPS) is 13.3. The summed E-state index contributed by atoms with van der Waals surface area (Å²) < 4.78 is 33.6. The summed E-state index contributed by atoms with van der Waals surface area (Å²) in [6.45, 7) is 4.28. The highest BCUT2D eigenvalue weighted by molar-refractivity contribution is 7.89. The number of benzene rings is 2. The molecule has 0 bridgehead atoms. The van der Waals surface area contributed by atoms with Crippen LogP contribution in [0.1, 0.15) is 25.8 Å². The maximum absolute atomic E-state index is 13.3. The van der Waals surface area contributed by atoms with E-state index in [0.29, 0.717) is 36.5 Å². The fourth-order valence-corrected chi connectivity index (χ4v) is 4.96. The molecule has 1 atom stereocenters. The number of aryl methyl sites for hydroxylation is 1. The van der Waals surface area contributed by atoms with E-state index in [1.54, 1.807) is 13.1 Å². The lowest BCUT2D eigenvalue weighted by Gasteiger charge is -2.26. The van der Waals surface area contributed by atoms with Crippen LogP contribution in [0.5, 0.6) is 0 Å². The maximum Gasteiger partial charge on any atom is 0.295 e. The smallest absolute Gasteiger partial charge is 0.295 e. The third kappa shape index (κ3) is 5.38. The van der Waals surface area contributed by atoms with Gasteiger partial charge in [0, 0.05) is 26.2 Å². The minimum atomic E-state index is -3.80. The van der Waals surface area contributed by atoms with E-state index in [9.17, 15) is 13.5 Å². The Morgan fingerprint density at radius 2 is 1.87 bits per heavy atom. The second-order valence-corrected chi connectivity index (χ2v) is 9.73. The molecular weight excluding hydrogens is 402 g/mol. The zero-order valence-corrected chi connectivity index (χ0v) is 18.4. The van der Waals surface area contributed by atoms with Crippen molar-refractivity contribution in [3.05, 3.63) is 54.1 Å². The largest absolute Gasteiger partial charge is 0.424 e. The molecule has 1 aromatic heterocycles. The summed E-state index contributed by atoms with van der Waals surface area (Å²) >= 11 is 0. The Balaban J connectivity index is 1.78. The maximum atomic E-state index is 13.3.